The van der Waals surface area contributed by atoms with Crippen LogP contribution in [0.5, 0.6) is 5.75 Å². The van der Waals surface area contributed by atoms with Gasteiger partial charge in [0.2, 0.25) is 5.91 Å². The Labute approximate surface area is 139 Å². The molecule has 1 aromatic rings. The molecule has 1 aliphatic heterocycles. The second-order valence-electron chi connectivity index (χ2n) is 5.53. The molecule has 2 atom stereocenters. The summed E-state index contributed by atoms with van der Waals surface area (Å²) in [6.45, 7) is 1.64. The summed E-state index contributed by atoms with van der Waals surface area (Å²) >= 11 is 0. The second kappa shape index (κ2) is 7.94. The summed E-state index contributed by atoms with van der Waals surface area (Å²) in [5.41, 5.74) is 0.750. The molecular formula is C16H21F2N3O3. The van der Waals surface area contributed by atoms with Crippen molar-refractivity contribution < 1.29 is 23.1 Å². The van der Waals surface area contributed by atoms with Crippen LogP contribution in [0.2, 0.25) is 0 Å². The molecule has 0 aliphatic carbocycles. The molecule has 1 saturated heterocycles. The number of hydrogen-bond acceptors (Lipinski definition) is 3. The molecule has 1 aliphatic rings. The van der Waals surface area contributed by atoms with Crippen molar-refractivity contribution in [3.05, 3.63) is 29.8 Å². The number of urea groups is 1. The molecule has 8 heteroatoms. The zero-order valence-corrected chi connectivity index (χ0v) is 13.6. The molecule has 0 spiro atoms. The normalized spacial score (nSPS) is 19.0. The first kappa shape index (κ1) is 18.0. The standard InChI is InChI=1S/C16H21F2N3O3/c1-3-13-14(22)19-8-9-21(13)16(23)20-10(2)11-4-6-12(7-5-11)24-15(17)18/h4-7,10,13,15H,3,8-9H2,1-2H3,(H,19,22)(H,20,23)/t10-,13-/m1/s1. The predicted molar refractivity (Wildman–Crippen MR) is 83.8 cm³/mol. The summed E-state index contributed by atoms with van der Waals surface area (Å²) < 4.78 is 28.6. The lowest BCUT2D eigenvalue weighted by atomic mass is 10.1. The quantitative estimate of drug-likeness (QED) is 0.863. The van der Waals surface area contributed by atoms with Crippen molar-refractivity contribution in [2.45, 2.75) is 39.0 Å². The monoisotopic (exact) mass is 341 g/mol. The van der Waals surface area contributed by atoms with Gasteiger partial charge in [0.25, 0.3) is 0 Å². The summed E-state index contributed by atoms with van der Waals surface area (Å²) in [4.78, 5) is 25.8. The number of carbonyl (C=O) groups excluding carboxylic acids is 2. The Bertz CT molecular complexity index is 580. The van der Waals surface area contributed by atoms with E-state index in [-0.39, 0.29) is 23.7 Å². The number of nitrogens with one attached hydrogen (secondary N) is 2. The third-order valence-corrected chi connectivity index (χ3v) is 3.92. The van der Waals surface area contributed by atoms with Crippen LogP contribution in [0.1, 0.15) is 31.9 Å². The van der Waals surface area contributed by atoms with Crippen LogP contribution in [0.4, 0.5) is 13.6 Å². The van der Waals surface area contributed by atoms with Gasteiger partial charge in [-0.2, -0.15) is 8.78 Å². The highest BCUT2D eigenvalue weighted by atomic mass is 19.3. The summed E-state index contributed by atoms with van der Waals surface area (Å²) in [6, 6.07) is 4.94. The van der Waals surface area contributed by atoms with Gasteiger partial charge in [0.15, 0.2) is 0 Å². The smallest absolute Gasteiger partial charge is 0.387 e. The van der Waals surface area contributed by atoms with Crippen LogP contribution in [0, 0.1) is 0 Å². The average Bonchev–Trinajstić information content (AvgIpc) is 2.54. The lowest BCUT2D eigenvalue weighted by molar-refractivity contribution is -0.127. The van der Waals surface area contributed by atoms with E-state index in [1.54, 1.807) is 19.1 Å². The Morgan fingerprint density at radius 3 is 2.67 bits per heavy atom. The molecule has 1 fully saturated rings. The van der Waals surface area contributed by atoms with E-state index in [2.05, 4.69) is 15.4 Å². The Morgan fingerprint density at radius 2 is 2.08 bits per heavy atom. The molecule has 0 bridgehead atoms. The molecular weight excluding hydrogens is 320 g/mol. The van der Waals surface area contributed by atoms with E-state index in [9.17, 15) is 18.4 Å². The van der Waals surface area contributed by atoms with Crippen LogP contribution < -0.4 is 15.4 Å². The maximum absolute atomic E-state index is 12.4. The minimum absolute atomic E-state index is 0.0611. The number of amides is 3. The molecule has 0 unspecified atom stereocenters. The van der Waals surface area contributed by atoms with Crippen LogP contribution in [-0.4, -0.2) is 42.6 Å². The number of ether oxygens (including phenoxy) is 1. The number of halogens is 2. The number of nitrogens with zero attached hydrogens (tertiary/aromatic N) is 1. The molecule has 0 saturated carbocycles. The van der Waals surface area contributed by atoms with Gasteiger partial charge in [-0.05, 0) is 31.0 Å². The van der Waals surface area contributed by atoms with Crippen LogP contribution in [0.3, 0.4) is 0 Å². The zero-order chi connectivity index (χ0) is 17.7. The lowest BCUT2D eigenvalue weighted by Gasteiger charge is -2.35. The van der Waals surface area contributed by atoms with Gasteiger partial charge >= 0.3 is 12.6 Å². The Balaban J connectivity index is 1.99. The van der Waals surface area contributed by atoms with E-state index in [0.717, 1.165) is 5.56 Å². The Kier molecular flexibility index (Phi) is 5.94. The van der Waals surface area contributed by atoms with Gasteiger partial charge in [-0.25, -0.2) is 4.79 Å². The molecule has 24 heavy (non-hydrogen) atoms. The molecule has 132 valence electrons. The summed E-state index contributed by atoms with van der Waals surface area (Å²) in [5, 5.41) is 5.57. The van der Waals surface area contributed by atoms with E-state index in [1.807, 2.05) is 6.92 Å². The summed E-state index contributed by atoms with van der Waals surface area (Å²) in [5.74, 6) is -0.0916. The zero-order valence-electron chi connectivity index (χ0n) is 13.6. The summed E-state index contributed by atoms with van der Waals surface area (Å²) in [7, 11) is 0. The highest BCUT2D eigenvalue weighted by Gasteiger charge is 2.32. The maximum atomic E-state index is 12.4. The van der Waals surface area contributed by atoms with E-state index < -0.39 is 12.7 Å². The molecule has 0 aromatic heterocycles. The molecule has 0 radical (unpaired) electrons. The third-order valence-electron chi connectivity index (χ3n) is 3.92. The number of carbonyl (C=O) groups is 2. The van der Waals surface area contributed by atoms with Crippen LogP contribution in [-0.2, 0) is 4.79 Å². The van der Waals surface area contributed by atoms with Crippen LogP contribution >= 0.6 is 0 Å². The van der Waals surface area contributed by atoms with E-state index in [4.69, 9.17) is 0 Å². The van der Waals surface area contributed by atoms with Gasteiger partial charge in [-0.3, -0.25) is 4.79 Å². The third kappa shape index (κ3) is 4.33. The number of benzene rings is 1. The van der Waals surface area contributed by atoms with Gasteiger partial charge < -0.3 is 20.3 Å². The van der Waals surface area contributed by atoms with Crippen molar-refractivity contribution >= 4 is 11.9 Å². The van der Waals surface area contributed by atoms with Crippen molar-refractivity contribution in [2.24, 2.45) is 0 Å². The van der Waals surface area contributed by atoms with Crippen molar-refractivity contribution in [3.63, 3.8) is 0 Å². The fourth-order valence-electron chi connectivity index (χ4n) is 2.65. The highest BCUT2D eigenvalue weighted by Crippen LogP contribution is 2.20. The molecule has 6 nitrogen and oxygen atoms in total. The van der Waals surface area contributed by atoms with Crippen LogP contribution in [0.25, 0.3) is 0 Å². The number of hydrogen-bond donors (Lipinski definition) is 2. The molecule has 3 amide bonds. The molecule has 1 aromatic carbocycles. The van der Waals surface area contributed by atoms with Crippen LogP contribution in [0.15, 0.2) is 24.3 Å². The van der Waals surface area contributed by atoms with Gasteiger partial charge in [-0.15, -0.1) is 0 Å². The maximum Gasteiger partial charge on any atom is 0.387 e. The van der Waals surface area contributed by atoms with Gasteiger partial charge in [0, 0.05) is 13.1 Å². The molecule has 2 N–H and O–H groups in total. The van der Waals surface area contributed by atoms with Gasteiger partial charge in [-0.1, -0.05) is 19.1 Å². The average molecular weight is 341 g/mol. The first-order valence-corrected chi connectivity index (χ1v) is 7.82. The number of piperazine rings is 1. The topological polar surface area (TPSA) is 70.7 Å². The minimum atomic E-state index is -2.87. The van der Waals surface area contributed by atoms with Gasteiger partial charge in [0.1, 0.15) is 11.8 Å². The Morgan fingerprint density at radius 1 is 1.42 bits per heavy atom. The lowest BCUT2D eigenvalue weighted by Crippen LogP contribution is -2.59. The van der Waals surface area contributed by atoms with E-state index in [0.29, 0.717) is 19.5 Å². The predicted octanol–water partition coefficient (Wildman–Crippen LogP) is 2.27. The van der Waals surface area contributed by atoms with Crippen molar-refractivity contribution in [1.82, 2.24) is 15.5 Å². The summed E-state index contributed by atoms with van der Waals surface area (Å²) in [6.07, 6.45) is 0.535. The van der Waals surface area contributed by atoms with Gasteiger partial charge in [0.05, 0.1) is 6.04 Å². The van der Waals surface area contributed by atoms with E-state index in [1.165, 1.54) is 17.0 Å². The number of rotatable bonds is 5. The molecule has 2 rings (SSSR count). The minimum Gasteiger partial charge on any atom is -0.435 e. The highest BCUT2D eigenvalue weighted by molar-refractivity contribution is 5.88. The van der Waals surface area contributed by atoms with Crippen molar-refractivity contribution in [2.75, 3.05) is 13.1 Å². The first-order chi connectivity index (χ1) is 11.4. The van der Waals surface area contributed by atoms with Crippen molar-refractivity contribution in [1.29, 1.82) is 0 Å². The van der Waals surface area contributed by atoms with Crippen molar-refractivity contribution in [3.8, 4) is 5.75 Å². The van der Waals surface area contributed by atoms with E-state index >= 15 is 0 Å². The number of alkyl halides is 2. The SMILES string of the molecule is CC[C@@H]1C(=O)NCCN1C(=O)N[C@H](C)c1ccc(OC(F)F)cc1. The largest absolute Gasteiger partial charge is 0.435 e. The second-order valence-corrected chi connectivity index (χ2v) is 5.53. The first-order valence-electron chi connectivity index (χ1n) is 7.82. The fourth-order valence-corrected chi connectivity index (χ4v) is 2.65. The molecule has 1 heterocycles. The Hall–Kier alpha value is -2.38. The fraction of sp³-hybridized carbons (Fsp3) is 0.500.